The number of halogens is 1. The first-order valence-corrected chi connectivity index (χ1v) is 4.58. The SMILES string of the molecule is O=S(=O)=Nc1ccccc1Br. The molecule has 0 N–H and O–H groups in total. The van der Waals surface area contributed by atoms with Gasteiger partial charge in [0.1, 0.15) is 0 Å². The Morgan fingerprint density at radius 1 is 1.27 bits per heavy atom. The molecule has 0 aromatic heterocycles. The molecule has 0 amide bonds. The van der Waals surface area contributed by atoms with Gasteiger partial charge in [0.25, 0.3) is 0 Å². The zero-order valence-corrected chi connectivity index (χ0v) is 7.76. The van der Waals surface area contributed by atoms with Crippen molar-refractivity contribution >= 4 is 32.1 Å². The summed E-state index contributed by atoms with van der Waals surface area (Å²) in [4.78, 5) is 0. The third-order valence-corrected chi connectivity index (χ3v) is 2.04. The van der Waals surface area contributed by atoms with Gasteiger partial charge >= 0.3 is 10.5 Å². The number of benzene rings is 1. The van der Waals surface area contributed by atoms with Crippen LogP contribution in [0.5, 0.6) is 0 Å². The molecule has 0 spiro atoms. The van der Waals surface area contributed by atoms with E-state index in [1.807, 2.05) is 0 Å². The topological polar surface area (TPSA) is 46.5 Å². The van der Waals surface area contributed by atoms with Crippen molar-refractivity contribution in [1.82, 2.24) is 0 Å². The number of hydrogen-bond acceptors (Lipinski definition) is 3. The van der Waals surface area contributed by atoms with Gasteiger partial charge in [-0.3, -0.25) is 0 Å². The van der Waals surface area contributed by atoms with Crippen LogP contribution in [0, 0.1) is 0 Å². The van der Waals surface area contributed by atoms with E-state index in [1.165, 1.54) is 0 Å². The van der Waals surface area contributed by atoms with Crippen LogP contribution in [0.2, 0.25) is 0 Å². The summed E-state index contributed by atoms with van der Waals surface area (Å²) in [7, 11) is -2.38. The van der Waals surface area contributed by atoms with Crippen LogP contribution in [0.25, 0.3) is 0 Å². The van der Waals surface area contributed by atoms with Crippen molar-refractivity contribution in [3.63, 3.8) is 0 Å². The van der Waals surface area contributed by atoms with Gasteiger partial charge in [-0.2, -0.15) is 8.42 Å². The van der Waals surface area contributed by atoms with Gasteiger partial charge in [0.15, 0.2) is 0 Å². The summed E-state index contributed by atoms with van der Waals surface area (Å²) in [6.45, 7) is 0. The Kier molecular flexibility index (Phi) is 2.78. The predicted molar refractivity (Wildman–Crippen MR) is 45.1 cm³/mol. The predicted octanol–water partition coefficient (Wildman–Crippen LogP) is 2.14. The fraction of sp³-hybridized carbons (Fsp3) is 0. The van der Waals surface area contributed by atoms with Gasteiger partial charge in [-0.25, -0.2) is 0 Å². The van der Waals surface area contributed by atoms with Gasteiger partial charge in [-0.05, 0) is 28.1 Å². The maximum atomic E-state index is 10.1. The van der Waals surface area contributed by atoms with Gasteiger partial charge in [-0.1, -0.05) is 12.1 Å². The molecule has 1 aromatic rings. The Balaban J connectivity index is 3.25. The first-order valence-electron chi connectivity index (χ1n) is 2.76. The van der Waals surface area contributed by atoms with Crippen molar-refractivity contribution in [3.05, 3.63) is 28.7 Å². The van der Waals surface area contributed by atoms with E-state index in [0.29, 0.717) is 10.2 Å². The lowest BCUT2D eigenvalue weighted by molar-refractivity contribution is 0.622. The normalized spacial score (nSPS) is 9.18. The summed E-state index contributed by atoms with van der Waals surface area (Å²) in [6.07, 6.45) is 0. The zero-order chi connectivity index (χ0) is 8.27. The summed E-state index contributed by atoms with van der Waals surface area (Å²) in [5.74, 6) is 0. The van der Waals surface area contributed by atoms with Crippen LogP contribution in [0.1, 0.15) is 0 Å². The van der Waals surface area contributed by atoms with E-state index in [0.717, 1.165) is 0 Å². The zero-order valence-electron chi connectivity index (χ0n) is 5.36. The Morgan fingerprint density at radius 2 is 1.91 bits per heavy atom. The largest absolute Gasteiger partial charge is 0.316 e. The maximum Gasteiger partial charge on any atom is 0.316 e. The van der Waals surface area contributed by atoms with E-state index in [2.05, 4.69) is 20.3 Å². The molecule has 11 heavy (non-hydrogen) atoms. The van der Waals surface area contributed by atoms with Crippen LogP contribution in [-0.2, 0) is 10.5 Å². The molecule has 0 radical (unpaired) electrons. The van der Waals surface area contributed by atoms with Gasteiger partial charge in [-0.15, -0.1) is 4.36 Å². The van der Waals surface area contributed by atoms with Crippen molar-refractivity contribution < 1.29 is 8.42 Å². The molecular weight excluding hydrogens is 230 g/mol. The summed E-state index contributed by atoms with van der Waals surface area (Å²) in [5, 5.41) is 0. The van der Waals surface area contributed by atoms with Crippen molar-refractivity contribution in [2.75, 3.05) is 0 Å². The number of rotatable bonds is 1. The molecule has 0 saturated carbocycles. The third kappa shape index (κ3) is 2.44. The van der Waals surface area contributed by atoms with Gasteiger partial charge < -0.3 is 0 Å². The number of hydrogen-bond donors (Lipinski definition) is 0. The second kappa shape index (κ2) is 3.64. The summed E-state index contributed by atoms with van der Waals surface area (Å²) in [6, 6.07) is 6.85. The molecule has 3 nitrogen and oxygen atoms in total. The molecule has 0 aliphatic carbocycles. The van der Waals surface area contributed by atoms with Crippen LogP contribution < -0.4 is 0 Å². The molecule has 58 valence electrons. The summed E-state index contributed by atoms with van der Waals surface area (Å²) < 4.78 is 24.3. The molecule has 1 aromatic carbocycles. The quantitative estimate of drug-likeness (QED) is 0.747. The monoisotopic (exact) mass is 233 g/mol. The van der Waals surface area contributed by atoms with Crippen LogP contribution in [-0.4, -0.2) is 8.42 Å². The highest BCUT2D eigenvalue weighted by atomic mass is 79.9. The van der Waals surface area contributed by atoms with Crippen molar-refractivity contribution in [2.45, 2.75) is 0 Å². The first kappa shape index (κ1) is 8.42. The highest BCUT2D eigenvalue weighted by Crippen LogP contribution is 2.23. The fourth-order valence-corrected chi connectivity index (χ4v) is 1.42. The fourth-order valence-electron chi connectivity index (χ4n) is 0.606. The molecule has 5 heteroatoms. The van der Waals surface area contributed by atoms with Crippen LogP contribution in [0.15, 0.2) is 33.1 Å². The van der Waals surface area contributed by atoms with E-state index in [9.17, 15) is 8.42 Å². The minimum absolute atomic E-state index is 0.417. The van der Waals surface area contributed by atoms with E-state index >= 15 is 0 Å². The smallest absolute Gasteiger partial charge is 0.163 e. The van der Waals surface area contributed by atoms with Crippen molar-refractivity contribution in [3.8, 4) is 0 Å². The molecule has 0 atom stereocenters. The minimum atomic E-state index is -2.38. The van der Waals surface area contributed by atoms with Crippen molar-refractivity contribution in [1.29, 1.82) is 0 Å². The van der Waals surface area contributed by atoms with Gasteiger partial charge in [0.05, 0.1) is 5.69 Å². The lowest BCUT2D eigenvalue weighted by Crippen LogP contribution is -1.66. The lowest BCUT2D eigenvalue weighted by Gasteiger charge is -1.90. The molecular formula is C6H4BrNO2S. The molecule has 0 aliphatic rings. The molecule has 0 heterocycles. The Bertz CT molecular complexity index is 377. The van der Waals surface area contributed by atoms with Gasteiger partial charge in [0.2, 0.25) is 0 Å². The van der Waals surface area contributed by atoms with Crippen LogP contribution in [0.3, 0.4) is 0 Å². The molecule has 0 saturated heterocycles. The highest BCUT2D eigenvalue weighted by Gasteiger charge is 1.93. The third-order valence-electron chi connectivity index (χ3n) is 1.03. The molecule has 0 bridgehead atoms. The Hall–Kier alpha value is -0.680. The van der Waals surface area contributed by atoms with Gasteiger partial charge in [0, 0.05) is 4.47 Å². The average molecular weight is 234 g/mol. The first-order chi connectivity index (χ1) is 5.20. The standard InChI is InChI=1S/C6H4BrNO2S/c7-5-3-1-2-4-6(5)8-11(9)10/h1-4H. The maximum absolute atomic E-state index is 10.1. The second-order valence-corrected chi connectivity index (χ2v) is 3.23. The van der Waals surface area contributed by atoms with E-state index < -0.39 is 10.5 Å². The Morgan fingerprint density at radius 3 is 2.45 bits per heavy atom. The summed E-state index contributed by atoms with van der Waals surface area (Å²) in [5.41, 5.74) is 0.417. The molecule has 0 aliphatic heterocycles. The number of nitrogens with zero attached hydrogens (tertiary/aromatic N) is 1. The molecule has 0 fully saturated rings. The van der Waals surface area contributed by atoms with Crippen LogP contribution in [0.4, 0.5) is 5.69 Å². The van der Waals surface area contributed by atoms with Crippen LogP contribution >= 0.6 is 15.9 Å². The molecule has 1 rings (SSSR count). The highest BCUT2D eigenvalue weighted by molar-refractivity contribution is 9.10. The summed E-state index contributed by atoms with van der Waals surface area (Å²) >= 11 is 3.16. The van der Waals surface area contributed by atoms with E-state index in [1.54, 1.807) is 24.3 Å². The van der Waals surface area contributed by atoms with E-state index in [-0.39, 0.29) is 0 Å². The Labute approximate surface area is 73.9 Å². The molecule has 0 unspecified atom stereocenters. The minimum Gasteiger partial charge on any atom is -0.163 e. The van der Waals surface area contributed by atoms with Crippen molar-refractivity contribution in [2.24, 2.45) is 4.36 Å². The average Bonchev–Trinajstić information content (AvgIpc) is 1.93. The second-order valence-electron chi connectivity index (χ2n) is 1.76. The lowest BCUT2D eigenvalue weighted by atomic mass is 10.3. The van der Waals surface area contributed by atoms with E-state index in [4.69, 9.17) is 0 Å².